The van der Waals surface area contributed by atoms with Gasteiger partial charge >= 0.3 is 0 Å². The highest BCUT2D eigenvalue weighted by molar-refractivity contribution is 6.30. The number of anilines is 1. The number of hydrogen-bond acceptors (Lipinski definition) is 5. The summed E-state index contributed by atoms with van der Waals surface area (Å²) < 4.78 is 19.8. The van der Waals surface area contributed by atoms with Crippen LogP contribution in [0.1, 0.15) is 27.9 Å². The van der Waals surface area contributed by atoms with Crippen LogP contribution in [0.4, 0.5) is 10.3 Å². The number of rotatable bonds is 4. The second-order valence-corrected chi connectivity index (χ2v) is 7.74. The number of furan rings is 1. The molecule has 9 heteroatoms. The molecule has 2 aromatic carbocycles. The summed E-state index contributed by atoms with van der Waals surface area (Å²) in [7, 11) is 0. The summed E-state index contributed by atoms with van der Waals surface area (Å²) in [6, 6.07) is 12.9. The first kappa shape index (κ1) is 20.0. The summed E-state index contributed by atoms with van der Waals surface area (Å²) in [6.07, 6.45) is 0. The molecule has 1 atom stereocenters. The van der Waals surface area contributed by atoms with Gasteiger partial charge in [0, 0.05) is 0 Å². The molecule has 1 unspecified atom stereocenters. The summed E-state index contributed by atoms with van der Waals surface area (Å²) in [5.41, 5.74) is 1.22. The van der Waals surface area contributed by atoms with Crippen molar-refractivity contribution in [2.45, 2.75) is 13.0 Å². The number of aliphatic hydroxyl groups is 1. The predicted molar refractivity (Wildman–Crippen MR) is 115 cm³/mol. The van der Waals surface area contributed by atoms with Gasteiger partial charge in [0.2, 0.25) is 11.7 Å². The lowest BCUT2D eigenvalue weighted by atomic mass is 9.95. The second kappa shape index (κ2) is 7.35. The fraction of sp³-hybridized carbons (Fsp3) is 0.0870. The lowest BCUT2D eigenvalue weighted by Gasteiger charge is -2.24. The van der Waals surface area contributed by atoms with Crippen molar-refractivity contribution in [1.29, 1.82) is 0 Å². The van der Waals surface area contributed by atoms with Gasteiger partial charge < -0.3 is 14.5 Å². The average molecular weight is 452 g/mol. The Morgan fingerprint density at radius 3 is 2.69 bits per heavy atom. The average Bonchev–Trinajstić information content (AvgIpc) is 3.46. The van der Waals surface area contributed by atoms with E-state index in [0.29, 0.717) is 16.8 Å². The number of aromatic nitrogens is 2. The minimum absolute atomic E-state index is 0.0530. The number of imidazole rings is 1. The molecule has 4 aromatic rings. The molecule has 2 N–H and O–H groups in total. The molecule has 5 rings (SSSR count). The highest BCUT2D eigenvalue weighted by Gasteiger charge is 2.46. The van der Waals surface area contributed by atoms with Crippen LogP contribution in [0, 0.1) is 12.7 Å². The standard InChI is InChI=1S/C23H15ClFN3O4/c1-11-6-9-17(32-11)20(29)18-19(12-7-8-13(24)14(25)10-12)28(22(31)21(18)30)23-26-15-4-2-3-5-16(15)27-23/h2-10,19,30H,1H3,(H,26,27). The number of aliphatic hydroxyl groups excluding tert-OH is 1. The number of nitrogens with zero attached hydrogens (tertiary/aromatic N) is 2. The van der Waals surface area contributed by atoms with Gasteiger partial charge in [-0.2, -0.15) is 0 Å². The summed E-state index contributed by atoms with van der Waals surface area (Å²) in [5, 5.41) is 10.6. The number of halogens is 2. The van der Waals surface area contributed by atoms with Crippen LogP contribution >= 0.6 is 11.6 Å². The lowest BCUT2D eigenvalue weighted by molar-refractivity contribution is -0.117. The van der Waals surface area contributed by atoms with Gasteiger partial charge in [-0.1, -0.05) is 29.8 Å². The lowest BCUT2D eigenvalue weighted by Crippen LogP contribution is -2.32. The van der Waals surface area contributed by atoms with E-state index < -0.39 is 29.3 Å². The molecule has 32 heavy (non-hydrogen) atoms. The van der Waals surface area contributed by atoms with E-state index in [9.17, 15) is 19.1 Å². The Labute approximate surface area is 185 Å². The third kappa shape index (κ3) is 3.07. The Kier molecular flexibility index (Phi) is 4.60. The first-order valence-corrected chi connectivity index (χ1v) is 10.0. The molecule has 0 fully saturated rings. The predicted octanol–water partition coefficient (Wildman–Crippen LogP) is 5.04. The van der Waals surface area contributed by atoms with E-state index in [2.05, 4.69) is 9.97 Å². The molecule has 2 aromatic heterocycles. The third-order valence-corrected chi connectivity index (χ3v) is 5.59. The summed E-state index contributed by atoms with van der Waals surface area (Å²) in [4.78, 5) is 35.0. The highest BCUT2D eigenvalue weighted by atomic mass is 35.5. The van der Waals surface area contributed by atoms with E-state index in [1.165, 1.54) is 18.2 Å². The molecule has 1 aliphatic rings. The van der Waals surface area contributed by atoms with Gasteiger partial charge in [-0.15, -0.1) is 0 Å². The molecule has 7 nitrogen and oxygen atoms in total. The Morgan fingerprint density at radius 1 is 1.22 bits per heavy atom. The molecule has 0 aliphatic carbocycles. The van der Waals surface area contributed by atoms with E-state index in [0.717, 1.165) is 11.0 Å². The summed E-state index contributed by atoms with van der Waals surface area (Å²) in [6.45, 7) is 1.66. The molecular weight excluding hydrogens is 437 g/mol. The Balaban J connectivity index is 1.70. The molecule has 1 amide bonds. The van der Waals surface area contributed by atoms with Crippen molar-refractivity contribution in [3.05, 3.63) is 93.9 Å². The number of ketones is 1. The second-order valence-electron chi connectivity index (χ2n) is 7.33. The number of aryl methyl sites for hydroxylation is 1. The monoisotopic (exact) mass is 451 g/mol. The van der Waals surface area contributed by atoms with E-state index >= 15 is 0 Å². The summed E-state index contributed by atoms with van der Waals surface area (Å²) >= 11 is 5.83. The zero-order valence-electron chi connectivity index (χ0n) is 16.6. The normalized spacial score (nSPS) is 16.4. The van der Waals surface area contributed by atoms with Crippen LogP contribution in [-0.4, -0.2) is 26.8 Å². The van der Waals surface area contributed by atoms with Crippen molar-refractivity contribution < 1.29 is 23.5 Å². The van der Waals surface area contributed by atoms with Gasteiger partial charge in [0.25, 0.3) is 5.91 Å². The smallest absolute Gasteiger partial charge is 0.296 e. The minimum atomic E-state index is -1.16. The fourth-order valence-corrected chi connectivity index (χ4v) is 3.91. The minimum Gasteiger partial charge on any atom is -0.503 e. The van der Waals surface area contributed by atoms with Gasteiger partial charge in [0.05, 0.1) is 27.7 Å². The van der Waals surface area contributed by atoms with Crippen LogP contribution in [0.25, 0.3) is 11.0 Å². The fourth-order valence-electron chi connectivity index (χ4n) is 3.80. The van der Waals surface area contributed by atoms with Crippen molar-refractivity contribution in [3.8, 4) is 0 Å². The van der Waals surface area contributed by atoms with Crippen molar-refractivity contribution in [2.75, 3.05) is 4.90 Å². The van der Waals surface area contributed by atoms with Gasteiger partial charge in [-0.05, 0) is 48.9 Å². The van der Waals surface area contributed by atoms with Crippen LogP contribution < -0.4 is 4.90 Å². The largest absolute Gasteiger partial charge is 0.503 e. The van der Waals surface area contributed by atoms with Gasteiger partial charge in [0.15, 0.2) is 11.5 Å². The number of carbonyl (C=O) groups is 2. The van der Waals surface area contributed by atoms with Crippen molar-refractivity contribution in [1.82, 2.24) is 9.97 Å². The molecule has 0 radical (unpaired) electrons. The molecule has 160 valence electrons. The van der Waals surface area contributed by atoms with Crippen molar-refractivity contribution in [3.63, 3.8) is 0 Å². The number of H-pyrrole nitrogens is 1. The first-order valence-electron chi connectivity index (χ1n) is 9.62. The maximum atomic E-state index is 14.3. The molecule has 0 bridgehead atoms. The summed E-state index contributed by atoms with van der Waals surface area (Å²) in [5.74, 6) is -2.50. The number of aromatic amines is 1. The molecule has 0 saturated carbocycles. The number of Topliss-reactive ketones (excluding diaryl/α,β-unsaturated/α-hetero) is 1. The number of benzene rings is 2. The molecule has 0 spiro atoms. The Hall–Kier alpha value is -3.91. The number of amides is 1. The van der Waals surface area contributed by atoms with E-state index in [1.807, 2.05) is 0 Å². The Morgan fingerprint density at radius 2 is 2.00 bits per heavy atom. The maximum Gasteiger partial charge on any atom is 0.296 e. The van der Waals surface area contributed by atoms with Crippen LogP contribution in [0.2, 0.25) is 5.02 Å². The van der Waals surface area contributed by atoms with Crippen molar-refractivity contribution >= 4 is 40.3 Å². The topological polar surface area (TPSA) is 99.4 Å². The SMILES string of the molecule is Cc1ccc(C(=O)C2=C(O)C(=O)N(c3nc4ccccc4[nH]3)C2c2ccc(Cl)c(F)c2)o1. The van der Waals surface area contributed by atoms with E-state index in [1.54, 1.807) is 37.3 Å². The van der Waals surface area contributed by atoms with Crippen LogP contribution in [0.3, 0.4) is 0 Å². The molecule has 1 aliphatic heterocycles. The van der Waals surface area contributed by atoms with Crippen LogP contribution in [0.15, 0.2) is 70.3 Å². The number of hydrogen-bond donors (Lipinski definition) is 2. The van der Waals surface area contributed by atoms with Crippen LogP contribution in [-0.2, 0) is 4.79 Å². The van der Waals surface area contributed by atoms with Crippen molar-refractivity contribution in [2.24, 2.45) is 0 Å². The quantitative estimate of drug-likeness (QED) is 0.423. The Bertz CT molecular complexity index is 1410. The van der Waals surface area contributed by atoms with Gasteiger partial charge in [0.1, 0.15) is 11.6 Å². The highest BCUT2D eigenvalue weighted by Crippen LogP contribution is 2.42. The number of carbonyl (C=O) groups excluding carboxylic acids is 2. The number of para-hydroxylation sites is 2. The number of fused-ring (bicyclic) bond motifs is 1. The molecule has 0 saturated heterocycles. The zero-order valence-corrected chi connectivity index (χ0v) is 17.4. The van der Waals surface area contributed by atoms with Gasteiger partial charge in [-0.25, -0.2) is 9.37 Å². The van der Waals surface area contributed by atoms with Crippen LogP contribution in [0.5, 0.6) is 0 Å². The zero-order chi connectivity index (χ0) is 22.6. The maximum absolute atomic E-state index is 14.3. The third-order valence-electron chi connectivity index (χ3n) is 5.28. The molecular formula is C23H15ClFN3O4. The molecule has 3 heterocycles. The van der Waals surface area contributed by atoms with E-state index in [4.69, 9.17) is 16.0 Å². The van der Waals surface area contributed by atoms with E-state index in [-0.39, 0.29) is 27.9 Å². The first-order chi connectivity index (χ1) is 15.3. The van der Waals surface area contributed by atoms with Gasteiger partial charge in [-0.3, -0.25) is 14.5 Å². The number of nitrogens with one attached hydrogen (secondary N) is 1.